The fraction of sp³-hybridized carbons (Fsp3) is 0.400. The molecular formula is C10H12BrIO2. The zero-order valence-corrected chi connectivity index (χ0v) is 11.7. The van der Waals surface area contributed by atoms with Crippen LogP contribution in [-0.4, -0.2) is 19.8 Å². The molecule has 0 aliphatic carbocycles. The van der Waals surface area contributed by atoms with E-state index in [1.54, 1.807) is 0 Å². The summed E-state index contributed by atoms with van der Waals surface area (Å²) in [7, 11) is 0. The monoisotopic (exact) mass is 370 g/mol. The van der Waals surface area contributed by atoms with Gasteiger partial charge in [-0.25, -0.2) is 0 Å². The van der Waals surface area contributed by atoms with Crippen LogP contribution in [0.15, 0.2) is 22.7 Å². The van der Waals surface area contributed by atoms with Gasteiger partial charge in [0, 0.05) is 14.6 Å². The molecule has 1 aromatic rings. The minimum Gasteiger partial charge on any atom is -0.491 e. The van der Waals surface area contributed by atoms with E-state index in [0.717, 1.165) is 20.4 Å². The summed E-state index contributed by atoms with van der Waals surface area (Å²) in [5.41, 5.74) is 0. The molecule has 0 spiro atoms. The normalized spacial score (nSPS) is 10.2. The van der Waals surface area contributed by atoms with E-state index >= 15 is 0 Å². The van der Waals surface area contributed by atoms with E-state index in [0.29, 0.717) is 13.2 Å². The number of benzene rings is 1. The molecule has 0 radical (unpaired) electrons. The van der Waals surface area contributed by atoms with Crippen molar-refractivity contribution in [2.24, 2.45) is 0 Å². The number of hydrogen-bond donors (Lipinski definition) is 0. The Morgan fingerprint density at radius 1 is 1.29 bits per heavy atom. The summed E-state index contributed by atoms with van der Waals surface area (Å²) in [5, 5.41) is 0. The summed E-state index contributed by atoms with van der Waals surface area (Å²) < 4.78 is 12.9. The predicted octanol–water partition coefficient (Wildman–Crippen LogP) is 3.47. The first-order valence-electron chi connectivity index (χ1n) is 4.39. The van der Waals surface area contributed by atoms with Crippen LogP contribution >= 0.6 is 38.5 Å². The topological polar surface area (TPSA) is 18.5 Å². The molecule has 0 N–H and O–H groups in total. The standard InChI is InChI=1S/C10H12BrIO2/c1-2-13-3-4-14-10-6-8(11)5-9(12)7-10/h5-7H,2-4H2,1H3. The van der Waals surface area contributed by atoms with Crippen molar-refractivity contribution in [2.75, 3.05) is 19.8 Å². The molecule has 0 fully saturated rings. The first-order chi connectivity index (χ1) is 6.72. The largest absolute Gasteiger partial charge is 0.491 e. The molecule has 2 nitrogen and oxygen atoms in total. The summed E-state index contributed by atoms with van der Waals surface area (Å²) >= 11 is 5.68. The molecule has 0 saturated heterocycles. The van der Waals surface area contributed by atoms with E-state index in [1.807, 2.05) is 25.1 Å². The molecule has 1 rings (SSSR count). The van der Waals surface area contributed by atoms with Gasteiger partial charge in [0.1, 0.15) is 12.4 Å². The van der Waals surface area contributed by atoms with Crippen LogP contribution in [0, 0.1) is 3.57 Å². The second-order valence-electron chi connectivity index (χ2n) is 2.65. The Labute approximate surface area is 106 Å². The van der Waals surface area contributed by atoms with Gasteiger partial charge in [-0.1, -0.05) is 15.9 Å². The second kappa shape index (κ2) is 6.63. The van der Waals surface area contributed by atoms with Crippen molar-refractivity contribution >= 4 is 38.5 Å². The SMILES string of the molecule is CCOCCOc1cc(Br)cc(I)c1. The van der Waals surface area contributed by atoms with Gasteiger partial charge in [-0.05, 0) is 47.7 Å². The van der Waals surface area contributed by atoms with Crippen LogP contribution in [0.2, 0.25) is 0 Å². The maximum Gasteiger partial charge on any atom is 0.121 e. The molecule has 0 aliphatic heterocycles. The predicted molar refractivity (Wildman–Crippen MR) is 68.8 cm³/mol. The van der Waals surface area contributed by atoms with E-state index in [-0.39, 0.29) is 0 Å². The van der Waals surface area contributed by atoms with Gasteiger partial charge in [0.05, 0.1) is 6.61 Å². The molecular weight excluding hydrogens is 359 g/mol. The zero-order chi connectivity index (χ0) is 10.4. The third kappa shape index (κ3) is 4.61. The Balaban J connectivity index is 2.42. The first kappa shape index (κ1) is 12.3. The smallest absolute Gasteiger partial charge is 0.121 e. The molecule has 14 heavy (non-hydrogen) atoms. The maximum atomic E-state index is 5.51. The molecule has 0 unspecified atom stereocenters. The lowest BCUT2D eigenvalue weighted by Gasteiger charge is -2.06. The molecule has 0 aliphatic rings. The lowest BCUT2D eigenvalue weighted by molar-refractivity contribution is 0.110. The summed E-state index contributed by atoms with van der Waals surface area (Å²) in [6, 6.07) is 5.99. The molecule has 0 bridgehead atoms. The fourth-order valence-electron chi connectivity index (χ4n) is 0.975. The van der Waals surface area contributed by atoms with Crippen LogP contribution in [0.25, 0.3) is 0 Å². The molecule has 0 saturated carbocycles. The van der Waals surface area contributed by atoms with Gasteiger partial charge < -0.3 is 9.47 Å². The summed E-state index contributed by atoms with van der Waals surface area (Å²) in [5.74, 6) is 0.878. The minimum atomic E-state index is 0.598. The van der Waals surface area contributed by atoms with Crippen LogP contribution in [0.4, 0.5) is 0 Å². The average molecular weight is 371 g/mol. The number of hydrogen-bond acceptors (Lipinski definition) is 2. The fourth-order valence-corrected chi connectivity index (χ4v) is 2.52. The number of halogens is 2. The van der Waals surface area contributed by atoms with Gasteiger partial charge in [-0.15, -0.1) is 0 Å². The average Bonchev–Trinajstić information content (AvgIpc) is 2.11. The van der Waals surface area contributed by atoms with Crippen LogP contribution in [0.3, 0.4) is 0 Å². The Morgan fingerprint density at radius 3 is 2.71 bits per heavy atom. The molecule has 78 valence electrons. The van der Waals surface area contributed by atoms with Gasteiger partial charge in [0.2, 0.25) is 0 Å². The third-order valence-corrected chi connectivity index (χ3v) is 2.62. The third-order valence-electron chi connectivity index (χ3n) is 1.54. The summed E-state index contributed by atoms with van der Waals surface area (Å²) in [6.45, 7) is 3.95. The summed E-state index contributed by atoms with van der Waals surface area (Å²) in [6.07, 6.45) is 0. The maximum absolute atomic E-state index is 5.51. The Morgan fingerprint density at radius 2 is 2.07 bits per heavy atom. The number of ether oxygens (including phenoxy) is 2. The first-order valence-corrected chi connectivity index (χ1v) is 6.26. The van der Waals surface area contributed by atoms with Gasteiger partial charge >= 0.3 is 0 Å². The van der Waals surface area contributed by atoms with Crippen molar-refractivity contribution in [3.8, 4) is 5.75 Å². The van der Waals surface area contributed by atoms with E-state index in [4.69, 9.17) is 9.47 Å². The molecule has 4 heteroatoms. The van der Waals surface area contributed by atoms with Crippen molar-refractivity contribution in [3.05, 3.63) is 26.2 Å². The van der Waals surface area contributed by atoms with Crippen molar-refractivity contribution in [1.82, 2.24) is 0 Å². The molecule has 0 heterocycles. The second-order valence-corrected chi connectivity index (χ2v) is 4.81. The van der Waals surface area contributed by atoms with E-state index in [2.05, 4.69) is 38.5 Å². The van der Waals surface area contributed by atoms with Crippen molar-refractivity contribution in [1.29, 1.82) is 0 Å². The van der Waals surface area contributed by atoms with Crippen LogP contribution in [0.5, 0.6) is 5.75 Å². The van der Waals surface area contributed by atoms with E-state index in [9.17, 15) is 0 Å². The van der Waals surface area contributed by atoms with Crippen molar-refractivity contribution < 1.29 is 9.47 Å². The van der Waals surface area contributed by atoms with E-state index in [1.165, 1.54) is 0 Å². The Bertz CT molecular complexity index is 271. The van der Waals surface area contributed by atoms with Gasteiger partial charge in [0.25, 0.3) is 0 Å². The lowest BCUT2D eigenvalue weighted by Crippen LogP contribution is -2.06. The van der Waals surface area contributed by atoms with Crippen molar-refractivity contribution in [2.45, 2.75) is 6.92 Å². The van der Waals surface area contributed by atoms with Crippen LogP contribution in [0.1, 0.15) is 6.92 Å². The highest BCUT2D eigenvalue weighted by Crippen LogP contribution is 2.22. The van der Waals surface area contributed by atoms with Crippen LogP contribution in [-0.2, 0) is 4.74 Å². The van der Waals surface area contributed by atoms with Gasteiger partial charge in [0.15, 0.2) is 0 Å². The molecule has 0 atom stereocenters. The highest BCUT2D eigenvalue weighted by Gasteiger charge is 1.97. The highest BCUT2D eigenvalue weighted by molar-refractivity contribution is 14.1. The highest BCUT2D eigenvalue weighted by atomic mass is 127. The molecule has 1 aromatic carbocycles. The Kier molecular flexibility index (Phi) is 5.81. The number of rotatable bonds is 5. The molecule has 0 amide bonds. The van der Waals surface area contributed by atoms with Crippen LogP contribution < -0.4 is 4.74 Å². The lowest BCUT2D eigenvalue weighted by atomic mass is 10.3. The van der Waals surface area contributed by atoms with Gasteiger partial charge in [-0.2, -0.15) is 0 Å². The summed E-state index contributed by atoms with van der Waals surface area (Å²) in [4.78, 5) is 0. The van der Waals surface area contributed by atoms with Crippen molar-refractivity contribution in [3.63, 3.8) is 0 Å². The van der Waals surface area contributed by atoms with Gasteiger partial charge in [-0.3, -0.25) is 0 Å². The van der Waals surface area contributed by atoms with E-state index < -0.39 is 0 Å². The Hall–Kier alpha value is 0.190. The minimum absolute atomic E-state index is 0.598. The quantitative estimate of drug-likeness (QED) is 0.583. The zero-order valence-electron chi connectivity index (χ0n) is 7.93. The molecule has 0 aromatic heterocycles.